The molecule has 3 N–H and O–H groups in total. The highest BCUT2D eigenvalue weighted by molar-refractivity contribution is 5.74. The molecule has 2 rings (SSSR count). The SMILES string of the molecule is O=C(NCCc1ccccc1)NCC(O)(c1ccccc1)C(F)(F)F. The van der Waals surface area contributed by atoms with Gasteiger partial charge in [-0.15, -0.1) is 0 Å². The van der Waals surface area contributed by atoms with Gasteiger partial charge in [-0.25, -0.2) is 4.79 Å². The first-order chi connectivity index (χ1) is 11.8. The molecule has 0 bridgehead atoms. The second-order valence-corrected chi connectivity index (χ2v) is 5.57. The number of hydrogen-bond donors (Lipinski definition) is 3. The lowest BCUT2D eigenvalue weighted by Crippen LogP contribution is -2.52. The Balaban J connectivity index is 1.91. The minimum atomic E-state index is -4.92. The summed E-state index contributed by atoms with van der Waals surface area (Å²) in [6.07, 6.45) is -4.37. The van der Waals surface area contributed by atoms with Crippen molar-refractivity contribution < 1.29 is 23.1 Å². The maximum Gasteiger partial charge on any atom is 0.423 e. The fourth-order valence-corrected chi connectivity index (χ4v) is 2.32. The Morgan fingerprint density at radius 2 is 1.48 bits per heavy atom. The van der Waals surface area contributed by atoms with Crippen LogP contribution in [0.3, 0.4) is 0 Å². The van der Waals surface area contributed by atoms with Crippen LogP contribution in [0.4, 0.5) is 18.0 Å². The van der Waals surface area contributed by atoms with Gasteiger partial charge in [0.1, 0.15) is 0 Å². The molecule has 1 atom stereocenters. The van der Waals surface area contributed by atoms with Crippen molar-refractivity contribution in [1.82, 2.24) is 10.6 Å². The number of aliphatic hydroxyl groups is 1. The quantitative estimate of drug-likeness (QED) is 0.749. The van der Waals surface area contributed by atoms with E-state index in [0.717, 1.165) is 5.56 Å². The van der Waals surface area contributed by atoms with Crippen LogP contribution in [0.1, 0.15) is 11.1 Å². The largest absolute Gasteiger partial charge is 0.423 e. The maximum atomic E-state index is 13.3. The molecule has 4 nitrogen and oxygen atoms in total. The van der Waals surface area contributed by atoms with Gasteiger partial charge in [0.25, 0.3) is 0 Å². The van der Waals surface area contributed by atoms with Gasteiger partial charge in [-0.2, -0.15) is 13.2 Å². The second-order valence-electron chi connectivity index (χ2n) is 5.57. The summed E-state index contributed by atoms with van der Waals surface area (Å²) in [7, 11) is 0. The third kappa shape index (κ3) is 4.96. The Kier molecular flexibility index (Phi) is 6.03. The molecule has 0 radical (unpaired) electrons. The molecule has 0 spiro atoms. The number of benzene rings is 2. The van der Waals surface area contributed by atoms with E-state index in [1.54, 1.807) is 6.07 Å². The molecule has 0 heterocycles. The van der Waals surface area contributed by atoms with Crippen LogP contribution in [0.5, 0.6) is 0 Å². The highest BCUT2D eigenvalue weighted by Gasteiger charge is 2.55. The molecule has 0 aliphatic heterocycles. The standard InChI is InChI=1S/C18H19F3N2O2/c19-18(20,21)17(25,15-9-5-2-6-10-15)13-23-16(24)22-12-11-14-7-3-1-4-8-14/h1-10,25H,11-13H2,(H2,22,23,24). The molecule has 1 unspecified atom stereocenters. The molecule has 0 aliphatic rings. The van der Waals surface area contributed by atoms with E-state index in [2.05, 4.69) is 10.6 Å². The van der Waals surface area contributed by atoms with Gasteiger partial charge in [-0.05, 0) is 17.5 Å². The number of carbonyl (C=O) groups is 1. The fourth-order valence-electron chi connectivity index (χ4n) is 2.32. The molecule has 2 amide bonds. The van der Waals surface area contributed by atoms with Crippen molar-refractivity contribution in [3.8, 4) is 0 Å². The number of urea groups is 1. The first-order valence-corrected chi connectivity index (χ1v) is 7.73. The van der Waals surface area contributed by atoms with Crippen LogP contribution >= 0.6 is 0 Å². The van der Waals surface area contributed by atoms with E-state index in [1.165, 1.54) is 24.3 Å². The van der Waals surface area contributed by atoms with E-state index in [1.807, 2.05) is 30.3 Å². The Labute approximate surface area is 143 Å². The van der Waals surface area contributed by atoms with E-state index in [9.17, 15) is 23.1 Å². The number of hydrogen-bond acceptors (Lipinski definition) is 2. The van der Waals surface area contributed by atoms with Crippen molar-refractivity contribution in [2.75, 3.05) is 13.1 Å². The molecule has 0 saturated heterocycles. The van der Waals surface area contributed by atoms with Crippen molar-refractivity contribution in [1.29, 1.82) is 0 Å². The molecule has 25 heavy (non-hydrogen) atoms. The highest BCUT2D eigenvalue weighted by Crippen LogP contribution is 2.38. The lowest BCUT2D eigenvalue weighted by Gasteiger charge is -2.31. The number of carbonyl (C=O) groups excluding carboxylic acids is 1. The van der Waals surface area contributed by atoms with Crippen molar-refractivity contribution in [2.24, 2.45) is 0 Å². The van der Waals surface area contributed by atoms with Crippen LogP contribution in [0.15, 0.2) is 60.7 Å². The summed E-state index contributed by atoms with van der Waals surface area (Å²) in [6, 6.07) is 15.3. The van der Waals surface area contributed by atoms with Gasteiger partial charge < -0.3 is 15.7 Å². The lowest BCUT2D eigenvalue weighted by atomic mass is 9.93. The minimum absolute atomic E-state index is 0.269. The molecule has 0 aromatic heterocycles. The van der Waals surface area contributed by atoms with Crippen molar-refractivity contribution >= 4 is 6.03 Å². The predicted octanol–water partition coefficient (Wildman–Crippen LogP) is 2.98. The molecule has 2 aromatic rings. The van der Waals surface area contributed by atoms with Gasteiger partial charge in [-0.1, -0.05) is 60.7 Å². The first-order valence-electron chi connectivity index (χ1n) is 7.73. The van der Waals surface area contributed by atoms with Gasteiger partial charge >= 0.3 is 12.2 Å². The van der Waals surface area contributed by atoms with Gasteiger partial charge in [0.2, 0.25) is 5.60 Å². The smallest absolute Gasteiger partial charge is 0.375 e. The summed E-state index contributed by atoms with van der Waals surface area (Å²) in [6.45, 7) is -0.705. The van der Waals surface area contributed by atoms with Gasteiger partial charge in [-0.3, -0.25) is 0 Å². The summed E-state index contributed by atoms with van der Waals surface area (Å²) in [5.41, 5.74) is -2.48. The molecule has 2 aromatic carbocycles. The minimum Gasteiger partial charge on any atom is -0.375 e. The second kappa shape index (κ2) is 8.02. The molecule has 134 valence electrons. The van der Waals surface area contributed by atoms with Crippen LogP contribution in [-0.2, 0) is 12.0 Å². The zero-order valence-electron chi connectivity index (χ0n) is 13.4. The predicted molar refractivity (Wildman–Crippen MR) is 87.9 cm³/mol. The molecule has 7 heteroatoms. The van der Waals surface area contributed by atoms with Crippen LogP contribution in [0, 0.1) is 0 Å². The normalized spacial score (nSPS) is 13.8. The molecular formula is C18H19F3N2O2. The number of nitrogens with one attached hydrogen (secondary N) is 2. The van der Waals surface area contributed by atoms with E-state index < -0.39 is 24.4 Å². The van der Waals surface area contributed by atoms with Gasteiger partial charge in [0, 0.05) is 6.54 Å². The van der Waals surface area contributed by atoms with E-state index in [4.69, 9.17) is 0 Å². The zero-order valence-corrected chi connectivity index (χ0v) is 13.4. The average Bonchev–Trinajstić information content (AvgIpc) is 2.60. The Morgan fingerprint density at radius 3 is 2.04 bits per heavy atom. The number of alkyl halides is 3. The van der Waals surface area contributed by atoms with Crippen LogP contribution in [-0.4, -0.2) is 30.4 Å². The topological polar surface area (TPSA) is 61.4 Å². The third-order valence-corrected chi connectivity index (χ3v) is 3.77. The average molecular weight is 352 g/mol. The van der Waals surface area contributed by atoms with Crippen LogP contribution < -0.4 is 10.6 Å². The number of halogens is 3. The van der Waals surface area contributed by atoms with Crippen LogP contribution in [0.25, 0.3) is 0 Å². The van der Waals surface area contributed by atoms with Crippen molar-refractivity contribution in [3.63, 3.8) is 0 Å². The monoisotopic (exact) mass is 352 g/mol. The van der Waals surface area contributed by atoms with E-state index >= 15 is 0 Å². The van der Waals surface area contributed by atoms with E-state index in [0.29, 0.717) is 6.42 Å². The summed E-state index contributed by atoms with van der Waals surface area (Å²) in [5.74, 6) is 0. The first kappa shape index (κ1) is 18.8. The molecule has 0 saturated carbocycles. The summed E-state index contributed by atoms with van der Waals surface area (Å²) in [5, 5.41) is 14.7. The molecular weight excluding hydrogens is 333 g/mol. The Morgan fingerprint density at radius 1 is 0.920 bits per heavy atom. The molecule has 0 fully saturated rings. The number of rotatable bonds is 6. The van der Waals surface area contributed by atoms with Crippen molar-refractivity contribution in [2.45, 2.75) is 18.2 Å². The van der Waals surface area contributed by atoms with Crippen LogP contribution in [0.2, 0.25) is 0 Å². The van der Waals surface area contributed by atoms with Gasteiger partial charge in [0.15, 0.2) is 0 Å². The Bertz CT molecular complexity index is 678. The lowest BCUT2D eigenvalue weighted by molar-refractivity contribution is -0.263. The number of amides is 2. The highest BCUT2D eigenvalue weighted by atomic mass is 19.4. The maximum absolute atomic E-state index is 13.3. The van der Waals surface area contributed by atoms with E-state index in [-0.39, 0.29) is 12.1 Å². The Hall–Kier alpha value is -2.54. The molecule has 0 aliphatic carbocycles. The summed E-state index contributed by atoms with van der Waals surface area (Å²) in [4.78, 5) is 11.7. The fraction of sp³-hybridized carbons (Fsp3) is 0.278. The third-order valence-electron chi connectivity index (χ3n) is 3.77. The zero-order chi connectivity index (χ0) is 18.3. The summed E-state index contributed by atoms with van der Waals surface area (Å²) < 4.78 is 39.9. The van der Waals surface area contributed by atoms with Gasteiger partial charge in [0.05, 0.1) is 6.54 Å². The van der Waals surface area contributed by atoms with Crippen molar-refractivity contribution in [3.05, 3.63) is 71.8 Å². The summed E-state index contributed by atoms with van der Waals surface area (Å²) >= 11 is 0.